The predicted molar refractivity (Wildman–Crippen MR) is 78.0 cm³/mol. The van der Waals surface area contributed by atoms with E-state index in [2.05, 4.69) is 10.6 Å². The number of anilines is 1. The third kappa shape index (κ3) is 4.87. The number of carbonyl (C=O) groups is 2. The smallest absolute Gasteiger partial charge is 0.326 e. The maximum Gasteiger partial charge on any atom is 0.326 e. The Hall–Kier alpha value is -2.44. The number of urea groups is 1. The van der Waals surface area contributed by atoms with E-state index in [0.29, 0.717) is 30.0 Å². The number of aliphatic carboxylic acids is 1. The van der Waals surface area contributed by atoms with Crippen molar-refractivity contribution >= 4 is 17.7 Å². The van der Waals surface area contributed by atoms with Crippen LogP contribution in [0.5, 0.6) is 11.5 Å². The molecule has 0 aromatic heterocycles. The molecule has 0 radical (unpaired) electrons. The number of amides is 2. The van der Waals surface area contributed by atoms with Crippen molar-refractivity contribution in [3.05, 3.63) is 18.2 Å². The van der Waals surface area contributed by atoms with Gasteiger partial charge in [-0.3, -0.25) is 0 Å². The number of carboxylic acids is 1. The summed E-state index contributed by atoms with van der Waals surface area (Å²) in [6.07, 6.45) is 1.01. The summed E-state index contributed by atoms with van der Waals surface area (Å²) in [7, 11) is 2.98. The Morgan fingerprint density at radius 1 is 1.29 bits per heavy atom. The highest BCUT2D eigenvalue weighted by molar-refractivity contribution is 5.93. The van der Waals surface area contributed by atoms with E-state index in [-0.39, 0.29) is 0 Å². The summed E-state index contributed by atoms with van der Waals surface area (Å²) in [6, 6.07) is 3.40. The first kappa shape index (κ1) is 16.6. The molecule has 116 valence electrons. The maximum atomic E-state index is 11.9. The van der Waals surface area contributed by atoms with E-state index in [9.17, 15) is 9.59 Å². The van der Waals surface area contributed by atoms with E-state index >= 15 is 0 Å². The molecular formula is C14H20N2O5. The number of ether oxygens (including phenoxy) is 2. The van der Waals surface area contributed by atoms with Crippen LogP contribution in [0.2, 0.25) is 0 Å². The fraction of sp³-hybridized carbons (Fsp3) is 0.429. The van der Waals surface area contributed by atoms with Gasteiger partial charge in [0.15, 0.2) is 0 Å². The molecule has 0 saturated heterocycles. The summed E-state index contributed by atoms with van der Waals surface area (Å²) in [4.78, 5) is 22.9. The molecule has 7 nitrogen and oxygen atoms in total. The molecule has 21 heavy (non-hydrogen) atoms. The van der Waals surface area contributed by atoms with Crippen LogP contribution in [0.1, 0.15) is 19.8 Å². The lowest BCUT2D eigenvalue weighted by Crippen LogP contribution is -2.42. The molecule has 0 fully saturated rings. The Kier molecular flexibility index (Phi) is 6.32. The number of benzene rings is 1. The van der Waals surface area contributed by atoms with Gasteiger partial charge in [-0.1, -0.05) is 13.3 Å². The van der Waals surface area contributed by atoms with Crippen molar-refractivity contribution in [2.24, 2.45) is 0 Å². The topological polar surface area (TPSA) is 96.9 Å². The monoisotopic (exact) mass is 296 g/mol. The second-order valence-electron chi connectivity index (χ2n) is 4.34. The first-order chi connectivity index (χ1) is 10.0. The summed E-state index contributed by atoms with van der Waals surface area (Å²) in [6.45, 7) is 1.85. The van der Waals surface area contributed by atoms with Crippen molar-refractivity contribution < 1.29 is 24.2 Å². The van der Waals surface area contributed by atoms with E-state index in [1.807, 2.05) is 6.92 Å². The zero-order valence-electron chi connectivity index (χ0n) is 12.3. The van der Waals surface area contributed by atoms with Gasteiger partial charge in [-0.25, -0.2) is 9.59 Å². The molecule has 0 heterocycles. The quantitative estimate of drug-likeness (QED) is 0.715. The number of nitrogens with one attached hydrogen (secondary N) is 2. The van der Waals surface area contributed by atoms with Gasteiger partial charge in [0.2, 0.25) is 0 Å². The summed E-state index contributed by atoms with van der Waals surface area (Å²) >= 11 is 0. The summed E-state index contributed by atoms with van der Waals surface area (Å²) < 4.78 is 10.2. The van der Waals surface area contributed by atoms with Crippen molar-refractivity contribution in [1.82, 2.24) is 5.32 Å². The van der Waals surface area contributed by atoms with Crippen LogP contribution in [0.4, 0.5) is 10.5 Å². The molecule has 0 bridgehead atoms. The molecule has 1 aromatic rings. The van der Waals surface area contributed by atoms with Crippen LogP contribution in [0.15, 0.2) is 18.2 Å². The number of rotatable bonds is 7. The van der Waals surface area contributed by atoms with Crippen molar-refractivity contribution in [2.75, 3.05) is 19.5 Å². The largest absolute Gasteiger partial charge is 0.497 e. The second kappa shape index (κ2) is 7.98. The molecule has 7 heteroatoms. The van der Waals surface area contributed by atoms with Gasteiger partial charge in [0.25, 0.3) is 0 Å². The fourth-order valence-corrected chi connectivity index (χ4v) is 1.77. The Morgan fingerprint density at radius 3 is 2.52 bits per heavy atom. The van der Waals surface area contributed by atoms with Crippen LogP contribution >= 0.6 is 0 Å². The molecule has 1 atom stereocenters. The molecule has 0 spiro atoms. The van der Waals surface area contributed by atoms with Crippen LogP contribution in [0, 0.1) is 0 Å². The van der Waals surface area contributed by atoms with Gasteiger partial charge < -0.3 is 25.2 Å². The highest BCUT2D eigenvalue weighted by Gasteiger charge is 2.19. The number of carboxylic acid groups (broad SMARTS) is 1. The minimum atomic E-state index is -1.07. The minimum absolute atomic E-state index is 0.359. The van der Waals surface area contributed by atoms with E-state index in [0.717, 1.165) is 0 Å². The first-order valence-electron chi connectivity index (χ1n) is 6.54. The average molecular weight is 296 g/mol. The van der Waals surface area contributed by atoms with Crippen LogP contribution in [0.3, 0.4) is 0 Å². The molecule has 0 saturated carbocycles. The molecular weight excluding hydrogens is 276 g/mol. The highest BCUT2D eigenvalue weighted by atomic mass is 16.5. The van der Waals surface area contributed by atoms with Crippen molar-refractivity contribution in [2.45, 2.75) is 25.8 Å². The zero-order chi connectivity index (χ0) is 15.8. The Morgan fingerprint density at radius 2 is 2.00 bits per heavy atom. The zero-order valence-corrected chi connectivity index (χ0v) is 12.3. The maximum absolute atomic E-state index is 11.9. The second-order valence-corrected chi connectivity index (χ2v) is 4.34. The van der Waals surface area contributed by atoms with Crippen LogP contribution in [-0.4, -0.2) is 37.4 Å². The summed E-state index contributed by atoms with van der Waals surface area (Å²) in [5, 5.41) is 14.0. The van der Waals surface area contributed by atoms with Gasteiger partial charge in [0, 0.05) is 6.07 Å². The molecule has 1 unspecified atom stereocenters. The van der Waals surface area contributed by atoms with Gasteiger partial charge in [0.05, 0.1) is 19.9 Å². The SMILES string of the molecule is CCCC(NC(=O)Nc1cc(OC)ccc1OC)C(=O)O. The van der Waals surface area contributed by atoms with Crippen molar-refractivity contribution in [3.8, 4) is 11.5 Å². The first-order valence-corrected chi connectivity index (χ1v) is 6.54. The lowest BCUT2D eigenvalue weighted by molar-refractivity contribution is -0.139. The van der Waals surface area contributed by atoms with Gasteiger partial charge in [-0.2, -0.15) is 0 Å². The number of hydrogen-bond acceptors (Lipinski definition) is 4. The lowest BCUT2D eigenvalue weighted by Gasteiger charge is -2.16. The lowest BCUT2D eigenvalue weighted by atomic mass is 10.2. The molecule has 2 amide bonds. The van der Waals surface area contributed by atoms with Crippen molar-refractivity contribution in [3.63, 3.8) is 0 Å². The summed E-state index contributed by atoms with van der Waals surface area (Å²) in [5.41, 5.74) is 0.398. The third-order valence-corrected chi connectivity index (χ3v) is 2.84. The standard InChI is InChI=1S/C14H20N2O5/c1-4-5-10(13(17)18)15-14(19)16-11-8-9(20-2)6-7-12(11)21-3/h6-8,10H,4-5H2,1-3H3,(H,17,18)(H2,15,16,19). The number of hydrogen-bond donors (Lipinski definition) is 3. The normalized spacial score (nSPS) is 11.4. The molecule has 0 aliphatic carbocycles. The van der Waals surface area contributed by atoms with Gasteiger partial charge in [-0.05, 0) is 18.6 Å². The fourth-order valence-electron chi connectivity index (χ4n) is 1.77. The molecule has 1 aromatic carbocycles. The summed E-state index contributed by atoms with van der Waals surface area (Å²) in [5.74, 6) is -0.0626. The third-order valence-electron chi connectivity index (χ3n) is 2.84. The Labute approximate surface area is 123 Å². The van der Waals surface area contributed by atoms with Crippen LogP contribution in [0.25, 0.3) is 0 Å². The Bertz CT molecular complexity index is 504. The molecule has 3 N–H and O–H groups in total. The number of carbonyl (C=O) groups excluding carboxylic acids is 1. The van der Waals surface area contributed by atoms with Crippen LogP contribution < -0.4 is 20.1 Å². The van der Waals surface area contributed by atoms with Crippen molar-refractivity contribution in [1.29, 1.82) is 0 Å². The van der Waals surface area contributed by atoms with E-state index < -0.39 is 18.0 Å². The van der Waals surface area contributed by atoms with Gasteiger partial charge in [0.1, 0.15) is 17.5 Å². The van der Waals surface area contributed by atoms with E-state index in [1.54, 1.807) is 18.2 Å². The molecule has 1 rings (SSSR count). The van der Waals surface area contributed by atoms with E-state index in [1.165, 1.54) is 14.2 Å². The Balaban J connectivity index is 2.79. The van der Waals surface area contributed by atoms with Gasteiger partial charge >= 0.3 is 12.0 Å². The molecule has 0 aliphatic heterocycles. The van der Waals surface area contributed by atoms with Gasteiger partial charge in [-0.15, -0.1) is 0 Å². The molecule has 0 aliphatic rings. The predicted octanol–water partition coefficient (Wildman–Crippen LogP) is 2.08. The van der Waals surface area contributed by atoms with Crippen LogP contribution in [-0.2, 0) is 4.79 Å². The minimum Gasteiger partial charge on any atom is -0.497 e. The highest BCUT2D eigenvalue weighted by Crippen LogP contribution is 2.28. The average Bonchev–Trinajstić information content (AvgIpc) is 2.46. The van der Waals surface area contributed by atoms with E-state index in [4.69, 9.17) is 14.6 Å². The number of methoxy groups -OCH3 is 2.